The number of fused-ring (bicyclic) bond motifs is 2. The van der Waals surface area contributed by atoms with Gasteiger partial charge in [-0.15, -0.1) is 0 Å². The zero-order valence-electron chi connectivity index (χ0n) is 25.2. The smallest absolute Gasteiger partial charge is 0.408 e. The van der Waals surface area contributed by atoms with Crippen molar-refractivity contribution in [2.75, 3.05) is 13.7 Å². The molecule has 2 aliphatic heterocycles. The Balaban J connectivity index is 1.57. The molecule has 0 aromatic heterocycles. The van der Waals surface area contributed by atoms with Crippen LogP contribution in [0.2, 0.25) is 0 Å². The van der Waals surface area contributed by atoms with Gasteiger partial charge in [0.2, 0.25) is 11.8 Å². The van der Waals surface area contributed by atoms with Gasteiger partial charge in [0.05, 0.1) is 7.11 Å². The fourth-order valence-corrected chi connectivity index (χ4v) is 6.86. The van der Waals surface area contributed by atoms with Gasteiger partial charge in [0.15, 0.2) is 0 Å². The minimum atomic E-state index is -4.32. The fourth-order valence-electron chi connectivity index (χ4n) is 5.65. The number of alkyl carbamates (subject to hydrolysis) is 1. The Bertz CT molecular complexity index is 1370. The third-order valence-electron chi connectivity index (χ3n) is 7.91. The van der Waals surface area contributed by atoms with E-state index in [0.717, 1.165) is 12.8 Å². The lowest BCUT2D eigenvalue weighted by atomic mass is 10.0. The second kappa shape index (κ2) is 12.9. The molecule has 43 heavy (non-hydrogen) atoms. The van der Waals surface area contributed by atoms with Gasteiger partial charge in [0.25, 0.3) is 15.9 Å². The van der Waals surface area contributed by atoms with E-state index in [0.29, 0.717) is 38.6 Å². The van der Waals surface area contributed by atoms with Crippen LogP contribution in [0.3, 0.4) is 0 Å². The molecule has 0 radical (unpaired) electrons. The first-order valence-corrected chi connectivity index (χ1v) is 16.2. The lowest BCUT2D eigenvalue weighted by Crippen LogP contribution is -2.58. The van der Waals surface area contributed by atoms with Crippen LogP contribution in [0.25, 0.3) is 0 Å². The van der Waals surface area contributed by atoms with Crippen LogP contribution >= 0.6 is 0 Å². The van der Waals surface area contributed by atoms with Crippen molar-refractivity contribution < 1.29 is 37.1 Å². The van der Waals surface area contributed by atoms with E-state index >= 15 is 0 Å². The summed E-state index contributed by atoms with van der Waals surface area (Å²) >= 11 is 0. The number of nitrogens with zero attached hydrogens (tertiary/aromatic N) is 1. The highest BCUT2D eigenvalue weighted by Gasteiger charge is 2.61. The number of nitrogens with one attached hydrogen (secondary N) is 3. The number of hydrogen-bond acceptors (Lipinski definition) is 8. The van der Waals surface area contributed by atoms with Crippen molar-refractivity contribution in [2.24, 2.45) is 5.92 Å². The second-order valence-corrected chi connectivity index (χ2v) is 14.0. The van der Waals surface area contributed by atoms with Gasteiger partial charge in [-0.2, -0.15) is 0 Å². The van der Waals surface area contributed by atoms with Gasteiger partial charge >= 0.3 is 6.09 Å². The number of carbonyl (C=O) groups excluding carboxylic acids is 4. The third-order valence-corrected chi connectivity index (χ3v) is 9.28. The van der Waals surface area contributed by atoms with Gasteiger partial charge < -0.3 is 25.0 Å². The zero-order valence-corrected chi connectivity index (χ0v) is 26.0. The Morgan fingerprint density at radius 1 is 1.07 bits per heavy atom. The number of allylic oxidation sites excluding steroid dienone is 1. The van der Waals surface area contributed by atoms with E-state index in [1.165, 1.54) is 30.2 Å². The maximum atomic E-state index is 13.7. The highest BCUT2D eigenvalue weighted by Crippen LogP contribution is 2.46. The zero-order chi connectivity index (χ0) is 31.4. The molecule has 3 aliphatic rings. The van der Waals surface area contributed by atoms with Crippen LogP contribution in [-0.4, -0.2) is 74.0 Å². The Kier molecular flexibility index (Phi) is 9.73. The predicted molar refractivity (Wildman–Crippen MR) is 157 cm³/mol. The molecular formula is C30H42N4O8S. The first kappa shape index (κ1) is 32.3. The molecule has 0 bridgehead atoms. The van der Waals surface area contributed by atoms with E-state index in [2.05, 4.69) is 15.4 Å². The third kappa shape index (κ3) is 7.67. The molecule has 1 aromatic rings. The van der Waals surface area contributed by atoms with E-state index in [4.69, 9.17) is 9.47 Å². The van der Waals surface area contributed by atoms with E-state index < -0.39 is 57.1 Å². The standard InChI is InChI=1S/C30H42N4O8S/c1-29(2,3)42-28(38)31-21-14-9-7-5-6-8-13-20-19-30(20,32-25(35)22-15-12-18-34(22)26(21)36)27(37)33-43(39,40)24-17-11-10-16-23(24)41-4/h8,10-11,13,16-17,20-22H,5-7,9,12,14-15,18-19H2,1-4H3,(H,31,38)(H,32,35)(H,33,37)/b13-8-/t20-,21+,22+,30-/m1/s1. The van der Waals surface area contributed by atoms with Crippen molar-refractivity contribution in [1.82, 2.24) is 20.3 Å². The number of ether oxygens (including phenoxy) is 2. The summed E-state index contributed by atoms with van der Waals surface area (Å²) in [5.74, 6) is -2.13. The van der Waals surface area contributed by atoms with Crippen molar-refractivity contribution in [3.8, 4) is 5.75 Å². The summed E-state index contributed by atoms with van der Waals surface area (Å²) in [7, 11) is -2.99. The van der Waals surface area contributed by atoms with Crippen LogP contribution in [0, 0.1) is 5.92 Å². The van der Waals surface area contributed by atoms with Crippen LogP contribution in [0.4, 0.5) is 4.79 Å². The largest absolute Gasteiger partial charge is 0.495 e. The molecule has 0 unspecified atom stereocenters. The van der Waals surface area contributed by atoms with Gasteiger partial charge in [-0.05, 0) is 71.4 Å². The summed E-state index contributed by atoms with van der Waals surface area (Å²) in [5, 5.41) is 5.51. The number of amides is 4. The van der Waals surface area contributed by atoms with Crippen molar-refractivity contribution >= 4 is 33.8 Å². The van der Waals surface area contributed by atoms with Crippen molar-refractivity contribution in [2.45, 2.75) is 100 Å². The van der Waals surface area contributed by atoms with E-state index in [1.807, 2.05) is 12.2 Å². The van der Waals surface area contributed by atoms with Crippen molar-refractivity contribution in [3.05, 3.63) is 36.4 Å². The van der Waals surface area contributed by atoms with Crippen LogP contribution in [0.1, 0.15) is 72.1 Å². The molecule has 12 nitrogen and oxygen atoms in total. The van der Waals surface area contributed by atoms with Crippen LogP contribution in [-0.2, 0) is 29.1 Å². The quantitative estimate of drug-likeness (QED) is 0.425. The summed E-state index contributed by atoms with van der Waals surface area (Å²) in [5.41, 5.74) is -2.24. The summed E-state index contributed by atoms with van der Waals surface area (Å²) in [6.45, 7) is 5.52. The normalized spacial score (nSPS) is 27.3. The lowest BCUT2D eigenvalue weighted by Gasteiger charge is -2.30. The van der Waals surface area contributed by atoms with Crippen LogP contribution in [0.5, 0.6) is 5.75 Å². The Hall–Kier alpha value is -3.61. The average molecular weight is 619 g/mol. The SMILES string of the molecule is COc1ccccc1S(=O)(=O)NC(=O)[C@@]12C[C@H]1/C=C\CCCCC[C@H](NC(=O)OC(C)(C)C)C(=O)N1CCC[C@H]1C(=O)N2. The molecule has 236 valence electrons. The van der Waals surface area contributed by atoms with E-state index in [-0.39, 0.29) is 23.0 Å². The van der Waals surface area contributed by atoms with Gasteiger partial charge in [-0.25, -0.2) is 17.9 Å². The first-order chi connectivity index (χ1) is 20.3. The van der Waals surface area contributed by atoms with Gasteiger partial charge in [0.1, 0.15) is 33.9 Å². The Labute approximate surface area is 253 Å². The molecule has 1 saturated heterocycles. The number of benzene rings is 1. The number of carbonyl (C=O) groups is 4. The molecule has 0 spiro atoms. The number of rotatable bonds is 5. The number of hydrogen-bond donors (Lipinski definition) is 3. The minimum absolute atomic E-state index is 0.0771. The minimum Gasteiger partial charge on any atom is -0.495 e. The summed E-state index contributed by atoms with van der Waals surface area (Å²) in [6.07, 6.45) is 7.62. The molecule has 2 fully saturated rings. The highest BCUT2D eigenvalue weighted by molar-refractivity contribution is 7.90. The number of sulfonamides is 1. The second-order valence-electron chi connectivity index (χ2n) is 12.3. The average Bonchev–Trinajstić information content (AvgIpc) is 3.39. The van der Waals surface area contributed by atoms with Gasteiger partial charge in [0, 0.05) is 12.5 Å². The maximum absolute atomic E-state index is 13.7. The van der Waals surface area contributed by atoms with Gasteiger partial charge in [-0.3, -0.25) is 14.4 Å². The molecule has 4 amide bonds. The molecule has 3 N–H and O–H groups in total. The number of methoxy groups -OCH3 is 1. The Morgan fingerprint density at radius 3 is 2.53 bits per heavy atom. The van der Waals surface area contributed by atoms with Gasteiger partial charge in [-0.1, -0.05) is 37.1 Å². The molecule has 1 aliphatic carbocycles. The highest BCUT2D eigenvalue weighted by atomic mass is 32.2. The van der Waals surface area contributed by atoms with Crippen LogP contribution in [0.15, 0.2) is 41.3 Å². The van der Waals surface area contributed by atoms with E-state index in [1.54, 1.807) is 26.8 Å². The van der Waals surface area contributed by atoms with Crippen LogP contribution < -0.4 is 20.1 Å². The molecule has 1 saturated carbocycles. The Morgan fingerprint density at radius 2 is 1.81 bits per heavy atom. The van der Waals surface area contributed by atoms with Crippen molar-refractivity contribution in [1.29, 1.82) is 0 Å². The molecule has 2 heterocycles. The molecular weight excluding hydrogens is 576 g/mol. The summed E-state index contributed by atoms with van der Waals surface area (Å²) in [4.78, 5) is 54.8. The topological polar surface area (TPSA) is 160 Å². The van der Waals surface area contributed by atoms with E-state index in [9.17, 15) is 27.6 Å². The summed E-state index contributed by atoms with van der Waals surface area (Å²) < 4.78 is 39.1. The first-order valence-electron chi connectivity index (χ1n) is 14.8. The molecule has 4 atom stereocenters. The molecule has 13 heteroatoms. The van der Waals surface area contributed by atoms with Crippen molar-refractivity contribution in [3.63, 3.8) is 0 Å². The molecule has 1 aromatic carbocycles. The molecule has 4 rings (SSSR count). The monoisotopic (exact) mass is 618 g/mol. The summed E-state index contributed by atoms with van der Waals surface area (Å²) in [6, 6.07) is 4.19. The maximum Gasteiger partial charge on any atom is 0.408 e. The lowest BCUT2D eigenvalue weighted by molar-refractivity contribution is -0.141. The fraction of sp³-hybridized carbons (Fsp3) is 0.600. The number of para-hydroxylation sites is 1. The predicted octanol–water partition coefficient (Wildman–Crippen LogP) is 2.78.